The van der Waals surface area contributed by atoms with Crippen molar-refractivity contribution in [3.63, 3.8) is 0 Å². The van der Waals surface area contributed by atoms with Gasteiger partial charge in [0.25, 0.3) is 0 Å². The molecule has 0 spiro atoms. The predicted molar refractivity (Wildman–Crippen MR) is 129 cm³/mol. The number of carbonyl (C=O) groups excluding carboxylic acids is 1. The number of piperazine rings is 1. The Labute approximate surface area is 193 Å². The molecule has 3 aromatic rings. The van der Waals surface area contributed by atoms with E-state index in [1.807, 2.05) is 36.4 Å². The van der Waals surface area contributed by atoms with Gasteiger partial charge in [0, 0.05) is 43.5 Å². The second kappa shape index (κ2) is 10.2. The minimum Gasteiger partial charge on any atom is -0.497 e. The van der Waals surface area contributed by atoms with Crippen LogP contribution in [-0.4, -0.2) is 68.6 Å². The number of ether oxygens (including phenoxy) is 2. The quantitative estimate of drug-likeness (QED) is 0.596. The van der Waals surface area contributed by atoms with Gasteiger partial charge in [-0.25, -0.2) is 4.79 Å². The number of methoxy groups -OCH3 is 2. The molecule has 1 aliphatic heterocycles. The number of aromatic nitrogens is 2. The predicted octanol–water partition coefficient (Wildman–Crippen LogP) is 3.56. The third-order valence-electron chi connectivity index (χ3n) is 5.57. The lowest BCUT2D eigenvalue weighted by molar-refractivity contribution is 0.262. The number of nitrogens with zero attached hydrogens (tertiary/aromatic N) is 4. The highest BCUT2D eigenvalue weighted by Gasteiger charge is 2.16. The van der Waals surface area contributed by atoms with Crippen molar-refractivity contribution in [1.29, 1.82) is 0 Å². The van der Waals surface area contributed by atoms with Crippen LogP contribution in [0.1, 0.15) is 0 Å². The third kappa shape index (κ3) is 5.50. The Morgan fingerprint density at radius 1 is 0.879 bits per heavy atom. The zero-order valence-electron chi connectivity index (χ0n) is 19.0. The van der Waals surface area contributed by atoms with Gasteiger partial charge in [-0.1, -0.05) is 12.1 Å². The van der Waals surface area contributed by atoms with Gasteiger partial charge in [0.1, 0.15) is 11.5 Å². The molecular formula is C24H28N6O3. The fourth-order valence-electron chi connectivity index (χ4n) is 3.59. The van der Waals surface area contributed by atoms with Gasteiger partial charge in [-0.05, 0) is 43.4 Å². The van der Waals surface area contributed by atoms with Crippen molar-refractivity contribution >= 4 is 23.2 Å². The molecule has 0 radical (unpaired) electrons. The lowest BCUT2D eigenvalue weighted by atomic mass is 10.1. The summed E-state index contributed by atoms with van der Waals surface area (Å²) in [6, 6.07) is 16.3. The van der Waals surface area contributed by atoms with Crippen molar-refractivity contribution in [3.05, 3.63) is 54.6 Å². The summed E-state index contributed by atoms with van der Waals surface area (Å²) in [4.78, 5) is 17.0. The largest absolute Gasteiger partial charge is 0.497 e. The summed E-state index contributed by atoms with van der Waals surface area (Å²) in [5, 5.41) is 14.4. The van der Waals surface area contributed by atoms with Crippen molar-refractivity contribution in [3.8, 4) is 22.8 Å². The highest BCUT2D eigenvalue weighted by Crippen LogP contribution is 2.29. The third-order valence-corrected chi connectivity index (χ3v) is 5.57. The van der Waals surface area contributed by atoms with Crippen LogP contribution in [0, 0.1) is 0 Å². The molecule has 9 heteroatoms. The number of carbonyl (C=O) groups is 1. The number of hydrogen-bond donors (Lipinski definition) is 2. The van der Waals surface area contributed by atoms with Gasteiger partial charge in [-0.2, -0.15) is 0 Å². The zero-order chi connectivity index (χ0) is 23.2. The van der Waals surface area contributed by atoms with Gasteiger partial charge in [0.15, 0.2) is 5.82 Å². The summed E-state index contributed by atoms with van der Waals surface area (Å²) < 4.78 is 10.5. The topological polar surface area (TPSA) is 91.9 Å². The van der Waals surface area contributed by atoms with Crippen LogP contribution in [0.4, 0.5) is 22.0 Å². The average molecular weight is 449 g/mol. The van der Waals surface area contributed by atoms with Gasteiger partial charge in [-0.3, -0.25) is 0 Å². The summed E-state index contributed by atoms with van der Waals surface area (Å²) in [7, 11) is 5.24. The maximum absolute atomic E-state index is 12.4. The maximum Gasteiger partial charge on any atom is 0.323 e. The van der Waals surface area contributed by atoms with E-state index in [1.165, 1.54) is 7.11 Å². The van der Waals surface area contributed by atoms with Crippen LogP contribution < -0.4 is 25.0 Å². The number of urea groups is 1. The van der Waals surface area contributed by atoms with Crippen LogP contribution in [0.15, 0.2) is 54.6 Å². The van der Waals surface area contributed by atoms with Crippen molar-refractivity contribution in [1.82, 2.24) is 15.1 Å². The first-order valence-corrected chi connectivity index (χ1v) is 10.7. The molecule has 172 valence electrons. The zero-order valence-corrected chi connectivity index (χ0v) is 19.0. The van der Waals surface area contributed by atoms with Crippen LogP contribution in [0.25, 0.3) is 11.3 Å². The number of amides is 2. The van der Waals surface area contributed by atoms with Gasteiger partial charge >= 0.3 is 6.03 Å². The molecule has 9 nitrogen and oxygen atoms in total. The first-order valence-electron chi connectivity index (χ1n) is 10.7. The van der Waals surface area contributed by atoms with Crippen LogP contribution in [-0.2, 0) is 0 Å². The second-order valence-electron chi connectivity index (χ2n) is 7.79. The van der Waals surface area contributed by atoms with Crippen LogP contribution in [0.3, 0.4) is 0 Å². The Hall–Kier alpha value is -3.85. The minimum atomic E-state index is -0.373. The molecule has 4 rings (SSSR count). The van der Waals surface area contributed by atoms with Gasteiger partial charge in [0.05, 0.1) is 25.6 Å². The number of hydrogen-bond acceptors (Lipinski definition) is 7. The Bertz CT molecular complexity index is 1080. The van der Waals surface area contributed by atoms with E-state index in [0.717, 1.165) is 43.3 Å². The van der Waals surface area contributed by atoms with E-state index in [0.29, 0.717) is 22.9 Å². The summed E-state index contributed by atoms with van der Waals surface area (Å²) in [6.45, 7) is 3.96. The fourth-order valence-corrected chi connectivity index (χ4v) is 3.59. The number of anilines is 3. The molecular weight excluding hydrogens is 420 g/mol. The molecule has 0 unspecified atom stereocenters. The molecule has 0 bridgehead atoms. The molecule has 2 heterocycles. The monoisotopic (exact) mass is 448 g/mol. The van der Waals surface area contributed by atoms with Gasteiger partial charge < -0.3 is 29.9 Å². The smallest absolute Gasteiger partial charge is 0.323 e. The molecule has 2 N–H and O–H groups in total. The fraction of sp³-hybridized carbons (Fsp3) is 0.292. The van der Waals surface area contributed by atoms with Gasteiger partial charge in [0.2, 0.25) is 0 Å². The highest BCUT2D eigenvalue weighted by atomic mass is 16.5. The maximum atomic E-state index is 12.4. The van der Waals surface area contributed by atoms with Crippen LogP contribution >= 0.6 is 0 Å². The SMILES string of the molecule is COc1ccc(NC(=O)Nc2ccc(-c3ccc(N4CCN(C)CC4)nn3)cc2)c(OC)c1. The number of rotatable bonds is 6. The first-order chi connectivity index (χ1) is 16.1. The molecule has 1 aromatic heterocycles. The lowest BCUT2D eigenvalue weighted by Gasteiger charge is -2.32. The van der Waals surface area contributed by atoms with E-state index in [9.17, 15) is 4.79 Å². The van der Waals surface area contributed by atoms with Crippen molar-refractivity contribution in [2.24, 2.45) is 0 Å². The number of benzene rings is 2. The Kier molecular flexibility index (Phi) is 6.89. The minimum absolute atomic E-state index is 0.373. The Morgan fingerprint density at radius 2 is 1.64 bits per heavy atom. The standard InChI is InChI=1S/C24H28N6O3/c1-29-12-14-30(15-13-29)23-11-10-20(27-28-23)17-4-6-18(7-5-17)25-24(31)26-21-9-8-19(32-2)16-22(21)33-3/h4-11,16H,12-15H2,1-3H3,(H2,25,26,31). The Balaban J connectivity index is 1.37. The summed E-state index contributed by atoms with van der Waals surface area (Å²) in [5.41, 5.74) is 2.91. The molecule has 33 heavy (non-hydrogen) atoms. The van der Waals surface area contributed by atoms with Gasteiger partial charge in [-0.15, -0.1) is 10.2 Å². The molecule has 0 atom stereocenters. The van der Waals surface area contributed by atoms with E-state index in [-0.39, 0.29) is 6.03 Å². The normalized spacial score (nSPS) is 14.0. The van der Waals surface area contributed by atoms with Crippen molar-refractivity contribution in [2.45, 2.75) is 0 Å². The molecule has 1 saturated heterocycles. The van der Waals surface area contributed by atoms with E-state index >= 15 is 0 Å². The molecule has 2 amide bonds. The molecule has 2 aromatic carbocycles. The molecule has 0 saturated carbocycles. The van der Waals surface area contributed by atoms with Crippen molar-refractivity contribution < 1.29 is 14.3 Å². The average Bonchev–Trinajstić information content (AvgIpc) is 2.85. The first kappa shape index (κ1) is 22.3. The molecule has 1 fully saturated rings. The van der Waals surface area contributed by atoms with E-state index < -0.39 is 0 Å². The highest BCUT2D eigenvalue weighted by molar-refractivity contribution is 6.00. The van der Waals surface area contributed by atoms with E-state index in [4.69, 9.17) is 9.47 Å². The Morgan fingerprint density at radius 3 is 2.27 bits per heavy atom. The van der Waals surface area contributed by atoms with Crippen LogP contribution in [0.5, 0.6) is 11.5 Å². The van der Waals surface area contributed by atoms with Crippen LogP contribution in [0.2, 0.25) is 0 Å². The number of likely N-dealkylation sites (N-methyl/N-ethyl adjacent to an activating group) is 1. The molecule has 1 aliphatic rings. The van der Waals surface area contributed by atoms with E-state index in [1.54, 1.807) is 25.3 Å². The lowest BCUT2D eigenvalue weighted by Crippen LogP contribution is -2.44. The van der Waals surface area contributed by atoms with E-state index in [2.05, 4.69) is 37.7 Å². The summed E-state index contributed by atoms with van der Waals surface area (Å²) in [6.07, 6.45) is 0. The second-order valence-corrected chi connectivity index (χ2v) is 7.79. The number of nitrogens with one attached hydrogen (secondary N) is 2. The summed E-state index contributed by atoms with van der Waals surface area (Å²) >= 11 is 0. The summed E-state index contributed by atoms with van der Waals surface area (Å²) in [5.74, 6) is 2.06. The van der Waals surface area contributed by atoms with Crippen molar-refractivity contribution in [2.75, 3.05) is 63.0 Å². The molecule has 0 aliphatic carbocycles.